The second-order valence-corrected chi connectivity index (χ2v) is 17.5. The molecule has 8 amide bonds. The number of unbranched alkanes of at least 4 members (excludes halogenated alkanes) is 3. The van der Waals surface area contributed by atoms with Crippen molar-refractivity contribution in [1.29, 1.82) is 0 Å². The standard InChI is InChI=1S/C45H80N10O15S/c1-32(56)27-53-35(43(46)64)11-4-7-16-48-40(61)29-69-25-24-68-22-20-51-41(62)30-70-26-23-67-21-19-50-38(59)14-10-15-39(60)55-37(13-6-8-17-49-42(63)31-71-34(3)58)45(66)52-18-9-5-12-36(44(47)65)54-28-33(2)57/h35-37,53-54H,4-31H2,1-3H3,(H2,46,64)(H2,47,65)(H,48,61)(H,49,63)(H,50,59)(H,51,62)(H,52,66)(H,55,60)/t35-,36+,37-/m0/s1. The van der Waals surface area contributed by atoms with Gasteiger partial charge >= 0.3 is 0 Å². The Kier molecular flexibility index (Phi) is 40.5. The van der Waals surface area contributed by atoms with E-state index in [2.05, 4.69) is 42.5 Å². The van der Waals surface area contributed by atoms with Crippen molar-refractivity contribution in [2.24, 2.45) is 11.5 Å². The molecule has 0 aromatic rings. The molecule has 12 N–H and O–H groups in total. The summed E-state index contributed by atoms with van der Waals surface area (Å²) in [6.45, 7) is 6.50. The zero-order valence-corrected chi connectivity index (χ0v) is 42.5. The van der Waals surface area contributed by atoms with Crippen LogP contribution in [0.5, 0.6) is 0 Å². The number of hydrogen-bond acceptors (Lipinski definition) is 18. The van der Waals surface area contributed by atoms with Crippen LogP contribution in [-0.2, 0) is 71.7 Å². The van der Waals surface area contributed by atoms with Gasteiger partial charge in [-0.15, -0.1) is 0 Å². The molecule has 0 radical (unpaired) electrons. The van der Waals surface area contributed by atoms with Gasteiger partial charge in [-0.05, 0) is 78.1 Å². The van der Waals surface area contributed by atoms with Gasteiger partial charge in [-0.25, -0.2) is 0 Å². The van der Waals surface area contributed by atoms with Crippen LogP contribution in [-0.4, -0.2) is 186 Å². The molecule has 71 heavy (non-hydrogen) atoms. The molecule has 26 heteroatoms. The molecule has 0 saturated carbocycles. The Morgan fingerprint density at radius 3 is 1.31 bits per heavy atom. The number of thioether (sulfide) groups is 1. The summed E-state index contributed by atoms with van der Waals surface area (Å²) in [7, 11) is 0. The Morgan fingerprint density at radius 2 is 0.845 bits per heavy atom. The number of Topliss-reactive ketones (excluding diaryl/α,β-unsaturated/α-hetero) is 2. The van der Waals surface area contributed by atoms with Crippen molar-refractivity contribution in [2.45, 2.75) is 116 Å². The molecule has 0 spiro atoms. The van der Waals surface area contributed by atoms with Crippen LogP contribution < -0.4 is 54.0 Å². The second kappa shape index (κ2) is 43.7. The Hall–Kier alpha value is -5.12. The maximum Gasteiger partial charge on any atom is 0.246 e. The van der Waals surface area contributed by atoms with Crippen LogP contribution in [0.25, 0.3) is 0 Å². The number of ketones is 2. The SMILES string of the molecule is CC(=O)CN[C@@H](CCCCNC(=O)COCCOCCNC(=O)COCCOCCNC(=O)CCCC(=O)N[C@@H](CCCCNC(=O)CSC(C)=O)C(=O)NCCCC[C@@H](NCC(C)=O)C(N)=O)C(N)=O. The Bertz CT molecular complexity index is 1640. The number of carbonyl (C=O) groups excluding carboxylic acids is 11. The van der Waals surface area contributed by atoms with Gasteiger partial charge in [-0.3, -0.25) is 63.4 Å². The van der Waals surface area contributed by atoms with Crippen molar-refractivity contribution >= 4 is 75.7 Å². The highest BCUT2D eigenvalue weighted by atomic mass is 32.2. The van der Waals surface area contributed by atoms with Crippen LogP contribution in [0, 0.1) is 0 Å². The normalized spacial score (nSPS) is 12.2. The Labute approximate surface area is 420 Å². The van der Waals surface area contributed by atoms with E-state index in [0.717, 1.165) is 11.8 Å². The lowest BCUT2D eigenvalue weighted by Gasteiger charge is -2.19. The highest BCUT2D eigenvalue weighted by molar-refractivity contribution is 8.14. The van der Waals surface area contributed by atoms with E-state index in [4.69, 9.17) is 30.4 Å². The van der Waals surface area contributed by atoms with Crippen LogP contribution in [0.4, 0.5) is 0 Å². The Balaban J connectivity index is 4.20. The minimum absolute atomic E-state index is 0.00865. The maximum atomic E-state index is 13.1. The molecule has 0 bridgehead atoms. The molecular formula is C45H80N10O15S. The van der Waals surface area contributed by atoms with Gasteiger partial charge in [0.25, 0.3) is 0 Å². The molecule has 0 unspecified atom stereocenters. The molecule has 0 aliphatic carbocycles. The van der Waals surface area contributed by atoms with Crippen molar-refractivity contribution in [2.75, 3.05) is 104 Å². The molecule has 0 fully saturated rings. The van der Waals surface area contributed by atoms with Crippen LogP contribution in [0.3, 0.4) is 0 Å². The zero-order valence-electron chi connectivity index (χ0n) is 41.7. The van der Waals surface area contributed by atoms with Crippen molar-refractivity contribution in [3.05, 3.63) is 0 Å². The summed E-state index contributed by atoms with van der Waals surface area (Å²) < 4.78 is 21.4. The van der Waals surface area contributed by atoms with Crippen LogP contribution in [0.1, 0.15) is 97.8 Å². The number of carbonyl (C=O) groups is 11. The predicted molar refractivity (Wildman–Crippen MR) is 262 cm³/mol. The lowest BCUT2D eigenvalue weighted by atomic mass is 10.1. The summed E-state index contributed by atoms with van der Waals surface area (Å²) in [6, 6.07) is -2.15. The van der Waals surface area contributed by atoms with Gasteiger partial charge in [0, 0.05) is 52.5 Å². The van der Waals surface area contributed by atoms with Crippen molar-refractivity contribution in [3.8, 4) is 0 Å². The molecule has 0 saturated heterocycles. The zero-order chi connectivity index (χ0) is 53.1. The van der Waals surface area contributed by atoms with Crippen molar-refractivity contribution in [1.82, 2.24) is 42.5 Å². The molecule has 0 aromatic carbocycles. The van der Waals surface area contributed by atoms with Crippen LogP contribution >= 0.6 is 11.8 Å². The first kappa shape index (κ1) is 65.9. The second-order valence-electron chi connectivity index (χ2n) is 16.3. The summed E-state index contributed by atoms with van der Waals surface area (Å²) >= 11 is 0.905. The largest absolute Gasteiger partial charge is 0.377 e. The molecule has 0 rings (SSSR count). The average molecular weight is 1030 g/mol. The summed E-state index contributed by atoms with van der Waals surface area (Å²) in [5.41, 5.74) is 10.8. The van der Waals surface area contributed by atoms with Crippen molar-refractivity contribution < 1.29 is 71.7 Å². The van der Waals surface area contributed by atoms with E-state index < -0.39 is 41.8 Å². The topological polar surface area (TPSA) is 373 Å². The first-order valence-corrected chi connectivity index (χ1v) is 25.0. The first-order valence-electron chi connectivity index (χ1n) is 24.0. The lowest BCUT2D eigenvalue weighted by molar-refractivity contribution is -0.129. The fourth-order valence-corrected chi connectivity index (χ4v) is 6.52. The number of primary amides is 2. The van der Waals surface area contributed by atoms with Crippen LogP contribution in [0.2, 0.25) is 0 Å². The minimum atomic E-state index is -0.870. The van der Waals surface area contributed by atoms with Crippen LogP contribution in [0.15, 0.2) is 0 Å². The molecule has 25 nitrogen and oxygen atoms in total. The third-order valence-electron chi connectivity index (χ3n) is 9.80. The number of rotatable bonds is 47. The summed E-state index contributed by atoms with van der Waals surface area (Å²) in [6.07, 6.45) is 4.69. The first-order chi connectivity index (χ1) is 33.9. The highest BCUT2D eigenvalue weighted by Crippen LogP contribution is 2.06. The third kappa shape index (κ3) is 42.3. The molecule has 3 atom stereocenters. The number of nitrogens with one attached hydrogen (secondary N) is 8. The van der Waals surface area contributed by atoms with Gasteiger partial charge in [0.05, 0.1) is 70.6 Å². The number of amides is 8. The fourth-order valence-electron chi connectivity index (χ4n) is 6.08. The molecular weight excluding hydrogens is 953 g/mol. The minimum Gasteiger partial charge on any atom is -0.377 e. The number of ether oxygens (including phenoxy) is 4. The molecule has 406 valence electrons. The smallest absolute Gasteiger partial charge is 0.246 e. The quantitative estimate of drug-likeness (QED) is 0.0274. The fraction of sp³-hybridized carbons (Fsp3) is 0.756. The average Bonchev–Trinajstić information content (AvgIpc) is 3.30. The lowest BCUT2D eigenvalue weighted by Crippen LogP contribution is -2.47. The van der Waals surface area contributed by atoms with Gasteiger partial charge in [-0.2, -0.15) is 0 Å². The van der Waals surface area contributed by atoms with E-state index in [9.17, 15) is 52.7 Å². The van der Waals surface area contributed by atoms with E-state index in [1.165, 1.54) is 20.8 Å². The summed E-state index contributed by atoms with van der Waals surface area (Å²) in [5, 5.41) is 21.8. The van der Waals surface area contributed by atoms with E-state index in [-0.39, 0.29) is 157 Å². The maximum absolute atomic E-state index is 13.1. The molecule has 0 aromatic heterocycles. The van der Waals surface area contributed by atoms with Gasteiger partial charge in [0.1, 0.15) is 30.8 Å². The van der Waals surface area contributed by atoms with E-state index in [0.29, 0.717) is 64.5 Å². The number of hydrogen-bond donors (Lipinski definition) is 10. The predicted octanol–water partition coefficient (Wildman–Crippen LogP) is -2.86. The highest BCUT2D eigenvalue weighted by Gasteiger charge is 2.21. The molecule has 0 heterocycles. The van der Waals surface area contributed by atoms with Crippen molar-refractivity contribution in [3.63, 3.8) is 0 Å². The van der Waals surface area contributed by atoms with Gasteiger partial charge < -0.3 is 62.3 Å². The monoisotopic (exact) mass is 1030 g/mol. The van der Waals surface area contributed by atoms with E-state index >= 15 is 0 Å². The summed E-state index contributed by atoms with van der Waals surface area (Å²) in [4.78, 5) is 131. The van der Waals surface area contributed by atoms with Gasteiger partial charge in [0.2, 0.25) is 47.3 Å². The van der Waals surface area contributed by atoms with Gasteiger partial charge in [0.15, 0.2) is 5.12 Å². The summed E-state index contributed by atoms with van der Waals surface area (Å²) in [5.74, 6) is -3.36. The molecule has 0 aliphatic heterocycles. The Morgan fingerprint density at radius 1 is 0.437 bits per heavy atom. The third-order valence-corrected chi connectivity index (χ3v) is 10.6. The van der Waals surface area contributed by atoms with E-state index in [1.807, 2.05) is 0 Å². The van der Waals surface area contributed by atoms with E-state index in [1.54, 1.807) is 0 Å². The molecule has 0 aliphatic rings. The van der Waals surface area contributed by atoms with Gasteiger partial charge in [-0.1, -0.05) is 11.8 Å². The number of nitrogens with two attached hydrogens (primary N) is 2.